The summed E-state index contributed by atoms with van der Waals surface area (Å²) in [5.74, 6) is -1.53. The van der Waals surface area contributed by atoms with Crippen molar-refractivity contribution >= 4 is 11.9 Å². The molecule has 6 heteroatoms. The molecule has 0 unspecified atom stereocenters. The monoisotopic (exact) mass is 389 g/mol. The molecule has 0 saturated carbocycles. The van der Waals surface area contributed by atoms with Crippen LogP contribution >= 0.6 is 0 Å². The number of aryl methyl sites for hydroxylation is 1. The summed E-state index contributed by atoms with van der Waals surface area (Å²) < 4.78 is 4.60. The Morgan fingerprint density at radius 3 is 2.43 bits per heavy atom. The van der Waals surface area contributed by atoms with Crippen molar-refractivity contribution in [3.8, 4) is 11.5 Å². The summed E-state index contributed by atoms with van der Waals surface area (Å²) in [6, 6.07) is 0.588. The van der Waals surface area contributed by atoms with E-state index in [4.69, 9.17) is 0 Å². The number of esters is 1. The van der Waals surface area contributed by atoms with E-state index in [-0.39, 0.29) is 22.6 Å². The van der Waals surface area contributed by atoms with Crippen molar-refractivity contribution in [2.24, 2.45) is 0 Å². The zero-order valence-electron chi connectivity index (χ0n) is 17.5. The van der Waals surface area contributed by atoms with E-state index < -0.39 is 17.9 Å². The lowest BCUT2D eigenvalue weighted by atomic mass is 9.97. The smallest absolute Gasteiger partial charge is 0.328 e. The zero-order valence-corrected chi connectivity index (χ0v) is 17.5. The Hall–Kier alpha value is -2.76. The van der Waals surface area contributed by atoms with Crippen LogP contribution < -0.4 is 5.32 Å². The maximum atomic E-state index is 12.5. The molecule has 28 heavy (non-hydrogen) atoms. The maximum Gasteiger partial charge on any atom is 0.328 e. The zero-order chi connectivity index (χ0) is 21.4. The molecule has 1 amide bonds. The summed E-state index contributed by atoms with van der Waals surface area (Å²) in [4.78, 5) is 24.1. The fraction of sp³-hybridized carbons (Fsp3) is 0.455. The van der Waals surface area contributed by atoms with Crippen molar-refractivity contribution in [1.29, 1.82) is 0 Å². The number of nitrogens with one attached hydrogen (secondary N) is 1. The van der Waals surface area contributed by atoms with Crippen molar-refractivity contribution in [1.82, 2.24) is 5.32 Å². The molecule has 0 radical (unpaired) electrons. The van der Waals surface area contributed by atoms with Crippen molar-refractivity contribution in [2.45, 2.75) is 59.9 Å². The number of aromatic hydroxyl groups is 2. The molecule has 1 rings (SSSR count). The normalized spacial score (nSPS) is 12.3. The molecule has 0 aliphatic carbocycles. The number of benzene rings is 1. The fourth-order valence-corrected chi connectivity index (χ4v) is 2.78. The molecule has 0 aliphatic rings. The van der Waals surface area contributed by atoms with Gasteiger partial charge in [0, 0.05) is 5.56 Å². The van der Waals surface area contributed by atoms with Crippen molar-refractivity contribution in [2.75, 3.05) is 7.11 Å². The molecule has 0 aliphatic heterocycles. The van der Waals surface area contributed by atoms with Crippen LogP contribution in [0.2, 0.25) is 0 Å². The first-order chi connectivity index (χ1) is 13.1. The van der Waals surface area contributed by atoms with Gasteiger partial charge in [-0.25, -0.2) is 4.79 Å². The summed E-state index contributed by atoms with van der Waals surface area (Å²) in [7, 11) is 1.23. The quantitative estimate of drug-likeness (QED) is 0.462. The van der Waals surface area contributed by atoms with Gasteiger partial charge in [-0.1, -0.05) is 23.3 Å². The minimum Gasteiger partial charge on any atom is -0.508 e. The average molecular weight is 389 g/mol. The molecule has 0 fully saturated rings. The molecule has 1 aromatic rings. The van der Waals surface area contributed by atoms with E-state index >= 15 is 0 Å². The Kier molecular flexibility index (Phi) is 8.76. The number of phenolic OH excluding ortho intramolecular Hbond substituents is 2. The number of carbonyl (C=O) groups excluding carboxylic acids is 2. The van der Waals surface area contributed by atoms with Crippen LogP contribution in [0.1, 0.15) is 62.0 Å². The highest BCUT2D eigenvalue weighted by atomic mass is 16.5. The van der Waals surface area contributed by atoms with Gasteiger partial charge < -0.3 is 20.3 Å². The van der Waals surface area contributed by atoms with Crippen LogP contribution in [-0.4, -0.2) is 35.2 Å². The Morgan fingerprint density at radius 1 is 1.21 bits per heavy atom. The van der Waals surface area contributed by atoms with Gasteiger partial charge in [0.2, 0.25) is 0 Å². The van der Waals surface area contributed by atoms with E-state index in [0.29, 0.717) is 12.0 Å². The van der Waals surface area contributed by atoms with Gasteiger partial charge in [-0.2, -0.15) is 0 Å². The highest BCUT2D eigenvalue weighted by Gasteiger charge is 2.23. The molecule has 6 nitrogen and oxygen atoms in total. The second-order valence-electron chi connectivity index (χ2n) is 7.21. The van der Waals surface area contributed by atoms with Crippen molar-refractivity contribution < 1.29 is 24.5 Å². The molecule has 3 N–H and O–H groups in total. The summed E-state index contributed by atoms with van der Waals surface area (Å²) in [6.07, 6.45) is 6.19. The summed E-state index contributed by atoms with van der Waals surface area (Å²) in [5.41, 5.74) is 3.13. The number of hydrogen-bond donors (Lipinski definition) is 3. The van der Waals surface area contributed by atoms with Gasteiger partial charge in [0.05, 0.1) is 12.7 Å². The van der Waals surface area contributed by atoms with E-state index in [1.54, 1.807) is 6.92 Å². The largest absolute Gasteiger partial charge is 0.508 e. The van der Waals surface area contributed by atoms with Crippen LogP contribution in [0.5, 0.6) is 11.5 Å². The van der Waals surface area contributed by atoms with Crippen LogP contribution in [0.3, 0.4) is 0 Å². The van der Waals surface area contributed by atoms with E-state index in [0.717, 1.165) is 18.4 Å². The highest BCUT2D eigenvalue weighted by Crippen LogP contribution is 2.34. The number of hydrogen-bond acceptors (Lipinski definition) is 5. The maximum absolute atomic E-state index is 12.5. The lowest BCUT2D eigenvalue weighted by Crippen LogP contribution is -2.39. The summed E-state index contributed by atoms with van der Waals surface area (Å²) in [6.45, 7) is 9.20. The Bertz CT molecular complexity index is 789. The first-order valence-electron chi connectivity index (χ1n) is 9.30. The van der Waals surface area contributed by atoms with Crippen LogP contribution in [0.15, 0.2) is 29.4 Å². The lowest BCUT2D eigenvalue weighted by molar-refractivity contribution is -0.142. The molecule has 0 spiro atoms. The third-order valence-electron chi connectivity index (χ3n) is 4.45. The Balaban J connectivity index is 3.06. The Labute approximate surface area is 166 Å². The van der Waals surface area contributed by atoms with Crippen LogP contribution in [0, 0.1) is 6.92 Å². The molecule has 1 aromatic carbocycles. The number of ether oxygens (including phenoxy) is 1. The summed E-state index contributed by atoms with van der Waals surface area (Å²) >= 11 is 0. The first-order valence-corrected chi connectivity index (χ1v) is 9.30. The molecule has 0 heterocycles. The van der Waals surface area contributed by atoms with Crippen LogP contribution in [-0.2, 0) is 16.0 Å². The van der Waals surface area contributed by atoms with E-state index in [1.807, 2.05) is 13.0 Å². The Morgan fingerprint density at radius 2 is 1.86 bits per heavy atom. The average Bonchev–Trinajstić information content (AvgIpc) is 2.59. The standard InChI is InChI=1S/C22H31NO5/c1-13(2)8-7-9-14(3)10-11-17-18(24)12-15(4)19(20(17)25)21(26)23-16(5)22(27)28-6/h8,10,12,16,24-25H,7,9,11H2,1-6H3,(H,23,26)/b14-10+/t16-/m0/s1. The predicted octanol–water partition coefficient (Wildman–Crippen LogP) is 3.93. The number of methoxy groups -OCH3 is 1. The van der Waals surface area contributed by atoms with Gasteiger partial charge in [0.25, 0.3) is 5.91 Å². The molecule has 0 bridgehead atoms. The number of allylic oxidation sites excluding steroid dienone is 4. The summed E-state index contributed by atoms with van der Waals surface area (Å²) in [5, 5.41) is 23.4. The van der Waals surface area contributed by atoms with E-state index in [1.165, 1.54) is 25.7 Å². The predicted molar refractivity (Wildman–Crippen MR) is 110 cm³/mol. The second kappa shape index (κ2) is 10.5. The molecule has 0 aromatic heterocycles. The topological polar surface area (TPSA) is 95.9 Å². The van der Waals surface area contributed by atoms with Gasteiger partial charge in [-0.15, -0.1) is 0 Å². The molecule has 1 atom stereocenters. The van der Waals surface area contributed by atoms with Crippen LogP contribution in [0.25, 0.3) is 0 Å². The van der Waals surface area contributed by atoms with Crippen LogP contribution in [0.4, 0.5) is 0 Å². The number of rotatable bonds is 8. The fourth-order valence-electron chi connectivity index (χ4n) is 2.78. The third-order valence-corrected chi connectivity index (χ3v) is 4.45. The highest BCUT2D eigenvalue weighted by molar-refractivity contribution is 6.00. The molecular weight excluding hydrogens is 358 g/mol. The SMILES string of the molecule is COC(=O)[C@H](C)NC(=O)c1c(C)cc(O)c(C/C=C(\C)CCC=C(C)C)c1O. The second-order valence-corrected chi connectivity index (χ2v) is 7.21. The minimum atomic E-state index is -0.856. The van der Waals surface area contributed by atoms with Crippen molar-refractivity contribution in [3.63, 3.8) is 0 Å². The minimum absolute atomic E-state index is 0.0409. The lowest BCUT2D eigenvalue weighted by Gasteiger charge is -2.16. The van der Waals surface area contributed by atoms with Gasteiger partial charge in [0.1, 0.15) is 17.5 Å². The molecular formula is C22H31NO5. The van der Waals surface area contributed by atoms with Gasteiger partial charge in [-0.05, 0) is 65.5 Å². The van der Waals surface area contributed by atoms with Crippen molar-refractivity contribution in [3.05, 3.63) is 46.1 Å². The van der Waals surface area contributed by atoms with Gasteiger partial charge >= 0.3 is 5.97 Å². The first kappa shape index (κ1) is 23.3. The van der Waals surface area contributed by atoms with Gasteiger partial charge in [0.15, 0.2) is 0 Å². The van der Waals surface area contributed by atoms with E-state index in [2.05, 4.69) is 30.0 Å². The molecule has 0 saturated heterocycles. The third kappa shape index (κ3) is 6.44. The van der Waals surface area contributed by atoms with Gasteiger partial charge in [-0.3, -0.25) is 4.79 Å². The molecule has 154 valence electrons. The van der Waals surface area contributed by atoms with E-state index in [9.17, 15) is 19.8 Å². The number of phenols is 2. The number of amides is 1. The number of carbonyl (C=O) groups is 2.